The number of benzene rings is 1. The lowest BCUT2D eigenvalue weighted by atomic mass is 10.3. The summed E-state index contributed by atoms with van der Waals surface area (Å²) >= 11 is 6.67. The molecule has 0 fully saturated rings. The summed E-state index contributed by atoms with van der Waals surface area (Å²) < 4.78 is 1.66. The molecule has 18 heavy (non-hydrogen) atoms. The van der Waals surface area contributed by atoms with E-state index in [1.54, 1.807) is 12.1 Å². The molecule has 92 valence electrons. The first-order valence-electron chi connectivity index (χ1n) is 5.02. The van der Waals surface area contributed by atoms with E-state index in [-0.39, 0.29) is 17.2 Å². The van der Waals surface area contributed by atoms with Crippen LogP contribution in [0.15, 0.2) is 50.1 Å². The summed E-state index contributed by atoms with van der Waals surface area (Å²) in [6.07, 6.45) is 0. The largest absolute Gasteiger partial charge is 0.320 e. The zero-order valence-corrected chi connectivity index (χ0v) is 12.2. The number of halogens is 2. The van der Waals surface area contributed by atoms with E-state index < -0.39 is 0 Å². The number of H-pyrrole nitrogens is 1. The average Bonchev–Trinajstić information content (AvgIpc) is 2.32. The predicted molar refractivity (Wildman–Crippen MR) is 76.9 cm³/mol. The van der Waals surface area contributed by atoms with E-state index in [4.69, 9.17) is 0 Å². The van der Waals surface area contributed by atoms with Gasteiger partial charge < -0.3 is 10.3 Å². The molecule has 2 N–H and O–H groups in total. The van der Waals surface area contributed by atoms with Crippen molar-refractivity contribution in [2.24, 2.45) is 0 Å². The lowest BCUT2D eigenvalue weighted by molar-refractivity contribution is 0.102. The maximum Gasteiger partial charge on any atom is 0.272 e. The lowest BCUT2D eigenvalue weighted by Crippen LogP contribution is -2.18. The van der Waals surface area contributed by atoms with Gasteiger partial charge in [0.1, 0.15) is 5.69 Å². The van der Waals surface area contributed by atoms with Crippen molar-refractivity contribution in [1.29, 1.82) is 0 Å². The summed E-state index contributed by atoms with van der Waals surface area (Å²) in [6, 6.07) is 9.82. The van der Waals surface area contributed by atoms with Gasteiger partial charge in [0.15, 0.2) is 0 Å². The first-order valence-corrected chi connectivity index (χ1v) is 6.60. The molecule has 0 aliphatic rings. The number of aromatic nitrogens is 1. The minimum Gasteiger partial charge on any atom is -0.320 e. The van der Waals surface area contributed by atoms with Crippen LogP contribution in [0.4, 0.5) is 5.69 Å². The van der Waals surface area contributed by atoms with E-state index in [9.17, 15) is 9.59 Å². The molecule has 0 atom stereocenters. The molecule has 4 nitrogen and oxygen atoms in total. The molecule has 1 amide bonds. The summed E-state index contributed by atoms with van der Waals surface area (Å²) in [4.78, 5) is 25.5. The Hall–Kier alpha value is -1.40. The highest BCUT2D eigenvalue weighted by Crippen LogP contribution is 2.26. The second-order valence-electron chi connectivity index (χ2n) is 3.51. The third-order valence-corrected chi connectivity index (χ3v) is 3.34. The SMILES string of the molecule is O=C(Nc1ccc(Br)cc1Br)c1cccc(=O)[nH]1. The summed E-state index contributed by atoms with van der Waals surface area (Å²) in [7, 11) is 0. The molecule has 0 aliphatic heterocycles. The van der Waals surface area contributed by atoms with Crippen molar-refractivity contribution >= 4 is 43.5 Å². The number of hydrogen-bond acceptors (Lipinski definition) is 2. The van der Waals surface area contributed by atoms with Crippen molar-refractivity contribution in [3.8, 4) is 0 Å². The number of aromatic amines is 1. The topological polar surface area (TPSA) is 62.0 Å². The number of hydrogen-bond donors (Lipinski definition) is 2. The Morgan fingerprint density at radius 3 is 2.61 bits per heavy atom. The highest BCUT2D eigenvalue weighted by molar-refractivity contribution is 9.11. The van der Waals surface area contributed by atoms with Crippen LogP contribution in [0.2, 0.25) is 0 Å². The van der Waals surface area contributed by atoms with E-state index in [2.05, 4.69) is 42.2 Å². The molecular formula is C12H8Br2N2O2. The molecule has 1 heterocycles. The monoisotopic (exact) mass is 370 g/mol. The Labute approximate surface area is 120 Å². The molecule has 1 aromatic carbocycles. The molecule has 6 heteroatoms. The number of carbonyl (C=O) groups excluding carboxylic acids is 1. The van der Waals surface area contributed by atoms with Crippen LogP contribution < -0.4 is 10.9 Å². The van der Waals surface area contributed by atoms with Crippen molar-refractivity contribution in [3.63, 3.8) is 0 Å². The van der Waals surface area contributed by atoms with Gasteiger partial charge >= 0.3 is 0 Å². The number of rotatable bonds is 2. The summed E-state index contributed by atoms with van der Waals surface area (Å²) in [6.45, 7) is 0. The highest BCUT2D eigenvalue weighted by Gasteiger charge is 2.08. The maximum absolute atomic E-state index is 11.9. The number of carbonyl (C=O) groups is 1. The van der Waals surface area contributed by atoms with Gasteiger partial charge in [0, 0.05) is 15.0 Å². The first-order chi connectivity index (χ1) is 8.56. The van der Waals surface area contributed by atoms with Crippen LogP contribution in [0.3, 0.4) is 0 Å². The minimum atomic E-state index is -0.365. The van der Waals surface area contributed by atoms with Crippen LogP contribution in [0, 0.1) is 0 Å². The van der Waals surface area contributed by atoms with Crippen molar-refractivity contribution in [3.05, 3.63) is 61.4 Å². The van der Waals surface area contributed by atoms with Gasteiger partial charge in [-0.05, 0) is 40.2 Å². The summed E-state index contributed by atoms with van der Waals surface area (Å²) in [5, 5.41) is 2.70. The van der Waals surface area contributed by atoms with Crippen molar-refractivity contribution in [1.82, 2.24) is 4.98 Å². The molecule has 0 radical (unpaired) electrons. The van der Waals surface area contributed by atoms with Crippen molar-refractivity contribution in [2.45, 2.75) is 0 Å². The van der Waals surface area contributed by atoms with Gasteiger partial charge in [-0.1, -0.05) is 22.0 Å². The normalized spacial score (nSPS) is 10.1. The number of nitrogens with one attached hydrogen (secondary N) is 2. The molecular weight excluding hydrogens is 364 g/mol. The molecule has 0 spiro atoms. The van der Waals surface area contributed by atoms with Crippen molar-refractivity contribution < 1.29 is 4.79 Å². The Kier molecular flexibility index (Phi) is 3.98. The quantitative estimate of drug-likeness (QED) is 0.851. The highest BCUT2D eigenvalue weighted by atomic mass is 79.9. The summed E-state index contributed by atoms with van der Waals surface area (Å²) in [5.41, 5.74) is 0.544. The van der Waals surface area contributed by atoms with E-state index in [1.165, 1.54) is 12.1 Å². The number of anilines is 1. The fraction of sp³-hybridized carbons (Fsp3) is 0. The van der Waals surface area contributed by atoms with Gasteiger partial charge in [-0.3, -0.25) is 9.59 Å². The Morgan fingerprint density at radius 1 is 1.17 bits per heavy atom. The zero-order chi connectivity index (χ0) is 13.1. The third-order valence-electron chi connectivity index (χ3n) is 2.19. The molecule has 0 bridgehead atoms. The molecule has 0 saturated carbocycles. The molecule has 2 aromatic rings. The second-order valence-corrected chi connectivity index (χ2v) is 5.28. The maximum atomic E-state index is 11.9. The summed E-state index contributed by atoms with van der Waals surface area (Å²) in [5.74, 6) is -0.365. The van der Waals surface area contributed by atoms with Gasteiger partial charge in [0.2, 0.25) is 5.56 Å². The fourth-order valence-corrected chi connectivity index (χ4v) is 2.51. The molecule has 0 saturated heterocycles. The van der Waals surface area contributed by atoms with Gasteiger partial charge in [-0.15, -0.1) is 0 Å². The van der Waals surface area contributed by atoms with E-state index in [0.717, 1.165) is 8.95 Å². The van der Waals surface area contributed by atoms with Gasteiger partial charge in [-0.2, -0.15) is 0 Å². The second kappa shape index (κ2) is 5.49. The minimum absolute atomic E-state index is 0.220. The average molecular weight is 372 g/mol. The fourth-order valence-electron chi connectivity index (χ4n) is 1.36. The van der Waals surface area contributed by atoms with Crippen LogP contribution in [0.5, 0.6) is 0 Å². The smallest absolute Gasteiger partial charge is 0.272 e. The van der Waals surface area contributed by atoms with E-state index in [0.29, 0.717) is 5.69 Å². The van der Waals surface area contributed by atoms with Crippen LogP contribution in [0.25, 0.3) is 0 Å². The van der Waals surface area contributed by atoms with Crippen LogP contribution in [0.1, 0.15) is 10.5 Å². The molecule has 2 rings (SSSR count). The molecule has 1 aromatic heterocycles. The Bertz CT molecular complexity index is 653. The van der Waals surface area contributed by atoms with Gasteiger partial charge in [-0.25, -0.2) is 0 Å². The van der Waals surface area contributed by atoms with Crippen molar-refractivity contribution in [2.75, 3.05) is 5.32 Å². The lowest BCUT2D eigenvalue weighted by Gasteiger charge is -2.07. The van der Waals surface area contributed by atoms with Crippen LogP contribution >= 0.6 is 31.9 Å². The van der Waals surface area contributed by atoms with E-state index in [1.807, 2.05) is 12.1 Å². The molecule has 0 unspecified atom stereocenters. The van der Waals surface area contributed by atoms with Gasteiger partial charge in [0.05, 0.1) is 5.69 Å². The number of pyridine rings is 1. The number of amides is 1. The molecule has 0 aliphatic carbocycles. The predicted octanol–water partition coefficient (Wildman–Crippen LogP) is 3.15. The van der Waals surface area contributed by atoms with E-state index >= 15 is 0 Å². The van der Waals surface area contributed by atoms with Gasteiger partial charge in [0.25, 0.3) is 5.91 Å². The zero-order valence-electron chi connectivity index (χ0n) is 9.04. The Morgan fingerprint density at radius 2 is 1.94 bits per heavy atom. The third kappa shape index (κ3) is 3.08. The Balaban J connectivity index is 2.24. The first kappa shape index (κ1) is 13.0. The van der Waals surface area contributed by atoms with Crippen LogP contribution in [-0.4, -0.2) is 10.9 Å². The standard InChI is InChI=1S/C12H8Br2N2O2/c13-7-4-5-9(8(14)6-7)16-12(18)10-2-1-3-11(17)15-10/h1-6H,(H,15,17)(H,16,18). The van der Waals surface area contributed by atoms with Crippen LogP contribution in [-0.2, 0) is 0 Å².